The first-order valence-corrected chi connectivity index (χ1v) is 8.88. The van der Waals surface area contributed by atoms with Gasteiger partial charge in [0, 0.05) is 16.7 Å². The molecule has 2 aromatic rings. The van der Waals surface area contributed by atoms with Crippen LogP contribution in [0.15, 0.2) is 51.8 Å². The summed E-state index contributed by atoms with van der Waals surface area (Å²) in [5.41, 5.74) is 8.17. The van der Waals surface area contributed by atoms with Gasteiger partial charge in [-0.15, -0.1) is 0 Å². The fourth-order valence-corrected chi connectivity index (χ4v) is 4.73. The van der Waals surface area contributed by atoms with Crippen LogP contribution in [-0.2, 0) is 16.4 Å². The van der Waals surface area contributed by atoms with E-state index in [-0.39, 0.29) is 0 Å². The predicted octanol–water partition coefficient (Wildman–Crippen LogP) is 3.17. The van der Waals surface area contributed by atoms with Gasteiger partial charge in [0.15, 0.2) is 0 Å². The van der Waals surface area contributed by atoms with Crippen molar-refractivity contribution in [2.45, 2.75) is 17.7 Å². The summed E-state index contributed by atoms with van der Waals surface area (Å²) >= 11 is 3.32. The zero-order chi connectivity index (χ0) is 15.0. The van der Waals surface area contributed by atoms with Gasteiger partial charge in [-0.3, -0.25) is 4.31 Å². The minimum atomic E-state index is -3.55. The molecule has 4 nitrogen and oxygen atoms in total. The van der Waals surface area contributed by atoms with Crippen molar-refractivity contribution < 1.29 is 8.42 Å². The molecule has 0 aromatic heterocycles. The summed E-state index contributed by atoms with van der Waals surface area (Å²) in [4.78, 5) is 0.293. The highest BCUT2D eigenvalue weighted by molar-refractivity contribution is 9.10. The average molecular weight is 367 g/mol. The molecule has 2 aromatic carbocycles. The van der Waals surface area contributed by atoms with Crippen LogP contribution >= 0.6 is 15.9 Å². The number of hydrogen-bond acceptors (Lipinski definition) is 3. The van der Waals surface area contributed by atoms with E-state index in [1.807, 2.05) is 12.1 Å². The van der Waals surface area contributed by atoms with Crippen molar-refractivity contribution in [2.24, 2.45) is 0 Å². The van der Waals surface area contributed by atoms with Gasteiger partial charge in [-0.25, -0.2) is 8.42 Å². The van der Waals surface area contributed by atoms with E-state index in [1.54, 1.807) is 30.3 Å². The largest absolute Gasteiger partial charge is 0.399 e. The van der Waals surface area contributed by atoms with Gasteiger partial charge in [0.2, 0.25) is 0 Å². The Kier molecular flexibility index (Phi) is 3.67. The third-order valence-corrected chi connectivity index (χ3v) is 5.87. The molecule has 0 spiro atoms. The summed E-state index contributed by atoms with van der Waals surface area (Å²) in [5.74, 6) is 0. The number of anilines is 2. The molecule has 0 unspecified atom stereocenters. The molecular weight excluding hydrogens is 352 g/mol. The molecule has 0 radical (unpaired) electrons. The number of nitrogen functional groups attached to an aromatic ring is 1. The number of hydrogen-bond donors (Lipinski definition) is 1. The number of halogens is 1. The molecule has 0 aliphatic carbocycles. The van der Waals surface area contributed by atoms with E-state index in [1.165, 1.54) is 4.31 Å². The van der Waals surface area contributed by atoms with Gasteiger partial charge >= 0.3 is 0 Å². The van der Waals surface area contributed by atoms with E-state index < -0.39 is 10.0 Å². The third kappa shape index (κ3) is 2.65. The summed E-state index contributed by atoms with van der Waals surface area (Å²) in [7, 11) is -3.55. The number of rotatable bonds is 2. The fraction of sp³-hybridized carbons (Fsp3) is 0.200. The predicted molar refractivity (Wildman–Crippen MR) is 87.8 cm³/mol. The second kappa shape index (κ2) is 5.35. The molecule has 110 valence electrons. The molecule has 0 atom stereocenters. The lowest BCUT2D eigenvalue weighted by Crippen LogP contribution is -2.35. The van der Waals surface area contributed by atoms with E-state index in [2.05, 4.69) is 15.9 Å². The van der Waals surface area contributed by atoms with E-state index in [0.29, 0.717) is 17.1 Å². The van der Waals surface area contributed by atoms with Crippen LogP contribution in [0.2, 0.25) is 0 Å². The number of sulfonamides is 1. The highest BCUT2D eigenvalue weighted by Crippen LogP contribution is 2.33. The monoisotopic (exact) mass is 366 g/mol. The van der Waals surface area contributed by atoms with Crippen molar-refractivity contribution in [3.63, 3.8) is 0 Å². The molecule has 21 heavy (non-hydrogen) atoms. The molecule has 0 saturated carbocycles. The Morgan fingerprint density at radius 2 is 1.95 bits per heavy atom. The lowest BCUT2D eigenvalue weighted by molar-refractivity contribution is 0.586. The van der Waals surface area contributed by atoms with Crippen LogP contribution in [0.1, 0.15) is 12.0 Å². The van der Waals surface area contributed by atoms with Gasteiger partial charge in [0.25, 0.3) is 10.0 Å². The van der Waals surface area contributed by atoms with Crippen LogP contribution in [0.25, 0.3) is 0 Å². The maximum absolute atomic E-state index is 12.9. The second-order valence-corrected chi connectivity index (χ2v) is 7.80. The number of fused-ring (bicyclic) bond motifs is 1. The molecule has 0 amide bonds. The first-order chi connectivity index (χ1) is 9.98. The summed E-state index contributed by atoms with van der Waals surface area (Å²) < 4.78 is 27.9. The Hall–Kier alpha value is -1.53. The fourth-order valence-electron chi connectivity index (χ4n) is 2.59. The van der Waals surface area contributed by atoms with Gasteiger partial charge in [-0.05, 0) is 54.8 Å². The van der Waals surface area contributed by atoms with Crippen LogP contribution in [0.3, 0.4) is 0 Å². The van der Waals surface area contributed by atoms with Crippen LogP contribution < -0.4 is 10.0 Å². The SMILES string of the molecule is Nc1ccc2c(c1)CCCN2S(=O)(=O)c1cccc(Br)c1. The maximum Gasteiger partial charge on any atom is 0.264 e. The smallest absolute Gasteiger partial charge is 0.264 e. The first-order valence-electron chi connectivity index (χ1n) is 6.65. The Bertz CT molecular complexity index is 790. The highest BCUT2D eigenvalue weighted by Gasteiger charge is 2.29. The Labute approximate surface area is 132 Å². The summed E-state index contributed by atoms with van der Waals surface area (Å²) in [6.07, 6.45) is 1.65. The van der Waals surface area contributed by atoms with Gasteiger partial charge in [-0.1, -0.05) is 22.0 Å². The summed E-state index contributed by atoms with van der Waals surface area (Å²) in [6, 6.07) is 12.2. The van der Waals surface area contributed by atoms with Gasteiger partial charge in [0.1, 0.15) is 0 Å². The van der Waals surface area contributed by atoms with Crippen molar-refractivity contribution in [3.8, 4) is 0 Å². The molecule has 2 N–H and O–H groups in total. The number of aryl methyl sites for hydroxylation is 1. The highest BCUT2D eigenvalue weighted by atomic mass is 79.9. The van der Waals surface area contributed by atoms with Crippen LogP contribution in [0, 0.1) is 0 Å². The molecule has 0 fully saturated rings. The minimum absolute atomic E-state index is 0.293. The molecule has 1 heterocycles. The zero-order valence-corrected chi connectivity index (χ0v) is 13.7. The lowest BCUT2D eigenvalue weighted by Gasteiger charge is -2.30. The molecule has 1 aliphatic heterocycles. The topological polar surface area (TPSA) is 63.4 Å². The third-order valence-electron chi connectivity index (χ3n) is 3.56. The van der Waals surface area contributed by atoms with Crippen molar-refractivity contribution >= 4 is 37.3 Å². The quantitative estimate of drug-likeness (QED) is 0.830. The maximum atomic E-state index is 12.9. The number of nitrogens with two attached hydrogens (primary N) is 1. The van der Waals surface area contributed by atoms with E-state index in [0.717, 1.165) is 28.6 Å². The number of benzene rings is 2. The van der Waals surface area contributed by atoms with Gasteiger partial charge < -0.3 is 5.73 Å². The standard InChI is InChI=1S/C15H15BrN2O2S/c16-12-4-1-5-14(10-12)21(19,20)18-8-2-3-11-9-13(17)6-7-15(11)18/h1,4-7,9-10H,2-3,8,17H2. The lowest BCUT2D eigenvalue weighted by atomic mass is 10.0. The molecule has 3 rings (SSSR count). The van der Waals surface area contributed by atoms with E-state index in [4.69, 9.17) is 5.73 Å². The average Bonchev–Trinajstić information content (AvgIpc) is 2.46. The zero-order valence-electron chi connectivity index (χ0n) is 11.3. The van der Waals surface area contributed by atoms with Crippen molar-refractivity contribution in [1.82, 2.24) is 0 Å². The second-order valence-electron chi connectivity index (χ2n) is 5.03. The van der Waals surface area contributed by atoms with E-state index >= 15 is 0 Å². The molecular formula is C15H15BrN2O2S. The van der Waals surface area contributed by atoms with Gasteiger partial charge in [-0.2, -0.15) is 0 Å². The van der Waals surface area contributed by atoms with Crippen LogP contribution in [0.4, 0.5) is 11.4 Å². The minimum Gasteiger partial charge on any atom is -0.399 e. The molecule has 1 aliphatic rings. The van der Waals surface area contributed by atoms with Crippen molar-refractivity contribution in [3.05, 3.63) is 52.5 Å². The molecule has 0 saturated heterocycles. The summed E-state index contributed by atoms with van der Waals surface area (Å²) in [5, 5.41) is 0. The Morgan fingerprint density at radius 1 is 1.14 bits per heavy atom. The first kappa shape index (κ1) is 14.4. The Balaban J connectivity index is 2.09. The summed E-state index contributed by atoms with van der Waals surface area (Å²) in [6.45, 7) is 0.492. The molecule has 6 heteroatoms. The van der Waals surface area contributed by atoms with Crippen LogP contribution in [0.5, 0.6) is 0 Å². The van der Waals surface area contributed by atoms with Crippen molar-refractivity contribution in [2.75, 3.05) is 16.6 Å². The van der Waals surface area contributed by atoms with Gasteiger partial charge in [0.05, 0.1) is 10.6 Å². The Morgan fingerprint density at radius 3 is 2.71 bits per heavy atom. The van der Waals surface area contributed by atoms with E-state index in [9.17, 15) is 8.42 Å². The normalized spacial score (nSPS) is 14.8. The van der Waals surface area contributed by atoms with Crippen molar-refractivity contribution in [1.29, 1.82) is 0 Å². The molecule has 0 bridgehead atoms. The van der Waals surface area contributed by atoms with Crippen LogP contribution in [-0.4, -0.2) is 15.0 Å². The number of nitrogens with zero attached hydrogens (tertiary/aromatic N) is 1.